The number of carbonyl (C=O) groups excluding carboxylic acids is 1. The SMILES string of the molecule is C=C1NC(=O)C(C(C)(C)C)O1. The van der Waals surface area contributed by atoms with Gasteiger partial charge in [-0.1, -0.05) is 20.8 Å². The van der Waals surface area contributed by atoms with Gasteiger partial charge < -0.3 is 4.74 Å². The molecule has 0 aliphatic carbocycles. The van der Waals surface area contributed by atoms with Gasteiger partial charge in [-0.15, -0.1) is 0 Å². The lowest BCUT2D eigenvalue weighted by Gasteiger charge is -2.22. The molecule has 0 aromatic heterocycles. The summed E-state index contributed by atoms with van der Waals surface area (Å²) in [6.45, 7) is 9.38. The predicted octanol–water partition coefficient (Wildman–Crippen LogP) is 1.02. The first-order valence-corrected chi connectivity index (χ1v) is 3.57. The Morgan fingerprint density at radius 2 is 2.09 bits per heavy atom. The van der Waals surface area contributed by atoms with E-state index in [0.29, 0.717) is 5.88 Å². The highest BCUT2D eigenvalue weighted by Crippen LogP contribution is 2.26. The number of nitrogens with one attached hydrogen (secondary N) is 1. The van der Waals surface area contributed by atoms with Crippen LogP contribution in [0.5, 0.6) is 0 Å². The van der Waals surface area contributed by atoms with Crippen LogP contribution in [0.2, 0.25) is 0 Å². The molecule has 0 bridgehead atoms. The van der Waals surface area contributed by atoms with Crippen molar-refractivity contribution in [3.05, 3.63) is 12.5 Å². The van der Waals surface area contributed by atoms with Crippen molar-refractivity contribution in [3.8, 4) is 0 Å². The van der Waals surface area contributed by atoms with E-state index in [2.05, 4.69) is 11.9 Å². The van der Waals surface area contributed by atoms with E-state index in [1.165, 1.54) is 0 Å². The summed E-state index contributed by atoms with van der Waals surface area (Å²) in [7, 11) is 0. The molecule has 1 heterocycles. The highest BCUT2D eigenvalue weighted by molar-refractivity contribution is 5.85. The normalized spacial score (nSPS) is 24.8. The maximum Gasteiger partial charge on any atom is 0.268 e. The first-order chi connectivity index (χ1) is 4.91. The smallest absolute Gasteiger partial charge is 0.268 e. The van der Waals surface area contributed by atoms with Crippen LogP contribution in [0.1, 0.15) is 20.8 Å². The molecule has 1 aliphatic rings. The van der Waals surface area contributed by atoms with Gasteiger partial charge >= 0.3 is 0 Å². The zero-order valence-corrected chi connectivity index (χ0v) is 7.10. The summed E-state index contributed by atoms with van der Waals surface area (Å²) >= 11 is 0. The second kappa shape index (κ2) is 2.26. The summed E-state index contributed by atoms with van der Waals surface area (Å²) in [4.78, 5) is 11.1. The van der Waals surface area contributed by atoms with Crippen molar-refractivity contribution >= 4 is 5.91 Å². The van der Waals surface area contributed by atoms with E-state index in [1.54, 1.807) is 0 Å². The Morgan fingerprint density at radius 1 is 1.55 bits per heavy atom. The fraction of sp³-hybridized carbons (Fsp3) is 0.625. The third kappa shape index (κ3) is 1.53. The quantitative estimate of drug-likeness (QED) is 0.567. The monoisotopic (exact) mass is 155 g/mol. The Kier molecular flexibility index (Phi) is 1.66. The lowest BCUT2D eigenvalue weighted by molar-refractivity contribution is -0.127. The van der Waals surface area contributed by atoms with E-state index >= 15 is 0 Å². The third-order valence-electron chi connectivity index (χ3n) is 1.55. The second-order valence-electron chi connectivity index (χ2n) is 3.78. The molecular formula is C8H13NO2. The Morgan fingerprint density at radius 3 is 2.27 bits per heavy atom. The number of rotatable bonds is 0. The van der Waals surface area contributed by atoms with Crippen molar-refractivity contribution in [2.45, 2.75) is 26.9 Å². The van der Waals surface area contributed by atoms with Gasteiger partial charge in [0.25, 0.3) is 5.91 Å². The largest absolute Gasteiger partial charge is 0.466 e. The minimum atomic E-state index is -0.394. The molecule has 0 radical (unpaired) electrons. The summed E-state index contributed by atoms with van der Waals surface area (Å²) in [5, 5.41) is 2.52. The molecule has 0 aromatic carbocycles. The zero-order valence-electron chi connectivity index (χ0n) is 7.10. The first kappa shape index (κ1) is 8.11. The van der Waals surface area contributed by atoms with Crippen LogP contribution < -0.4 is 5.32 Å². The van der Waals surface area contributed by atoms with Gasteiger partial charge in [-0.25, -0.2) is 0 Å². The fourth-order valence-corrected chi connectivity index (χ4v) is 0.998. The van der Waals surface area contributed by atoms with Crippen LogP contribution in [0.25, 0.3) is 0 Å². The van der Waals surface area contributed by atoms with E-state index in [9.17, 15) is 4.79 Å². The molecule has 1 saturated heterocycles. The number of ether oxygens (including phenoxy) is 1. The minimum absolute atomic E-state index is 0.0949. The molecule has 3 nitrogen and oxygen atoms in total. The molecule has 1 N–H and O–H groups in total. The summed E-state index contributed by atoms with van der Waals surface area (Å²) in [5.74, 6) is 0.262. The third-order valence-corrected chi connectivity index (χ3v) is 1.55. The number of hydrogen-bond acceptors (Lipinski definition) is 2. The molecule has 1 fully saturated rings. The van der Waals surface area contributed by atoms with E-state index < -0.39 is 6.10 Å². The van der Waals surface area contributed by atoms with E-state index in [0.717, 1.165) is 0 Å². The van der Waals surface area contributed by atoms with E-state index in [-0.39, 0.29) is 11.3 Å². The number of carbonyl (C=O) groups is 1. The summed E-state index contributed by atoms with van der Waals surface area (Å²) in [6, 6.07) is 0. The van der Waals surface area contributed by atoms with Crippen molar-refractivity contribution in [1.29, 1.82) is 0 Å². The summed E-state index contributed by atoms with van der Waals surface area (Å²) in [5.41, 5.74) is -0.163. The van der Waals surface area contributed by atoms with Gasteiger partial charge in [-0.05, 0) is 6.58 Å². The van der Waals surface area contributed by atoms with Crippen LogP contribution in [-0.4, -0.2) is 12.0 Å². The van der Waals surface area contributed by atoms with Crippen LogP contribution in [0.4, 0.5) is 0 Å². The predicted molar refractivity (Wildman–Crippen MR) is 41.6 cm³/mol. The Balaban J connectivity index is 2.76. The van der Waals surface area contributed by atoms with Crippen molar-refractivity contribution in [1.82, 2.24) is 5.32 Å². The van der Waals surface area contributed by atoms with Gasteiger partial charge in [0.1, 0.15) is 0 Å². The van der Waals surface area contributed by atoms with Crippen molar-refractivity contribution in [2.24, 2.45) is 5.41 Å². The molecule has 0 saturated carbocycles. The average molecular weight is 155 g/mol. The molecule has 0 aromatic rings. The lowest BCUT2D eigenvalue weighted by Crippen LogP contribution is -2.34. The maximum absolute atomic E-state index is 11.1. The topological polar surface area (TPSA) is 38.3 Å². The van der Waals surface area contributed by atoms with Gasteiger partial charge in [0.05, 0.1) is 0 Å². The molecule has 62 valence electrons. The second-order valence-corrected chi connectivity index (χ2v) is 3.78. The van der Waals surface area contributed by atoms with Gasteiger partial charge in [-0.3, -0.25) is 10.1 Å². The van der Waals surface area contributed by atoms with E-state index in [1.807, 2.05) is 20.8 Å². The minimum Gasteiger partial charge on any atom is -0.466 e. The zero-order chi connectivity index (χ0) is 8.65. The lowest BCUT2D eigenvalue weighted by atomic mass is 9.89. The Labute approximate surface area is 66.4 Å². The molecule has 11 heavy (non-hydrogen) atoms. The molecule has 1 amide bonds. The molecule has 1 unspecified atom stereocenters. The van der Waals surface area contributed by atoms with Gasteiger partial charge in [0.2, 0.25) is 0 Å². The average Bonchev–Trinajstić information content (AvgIpc) is 2.08. The van der Waals surface area contributed by atoms with Crippen molar-refractivity contribution in [2.75, 3.05) is 0 Å². The first-order valence-electron chi connectivity index (χ1n) is 3.57. The van der Waals surface area contributed by atoms with Crippen LogP contribution >= 0.6 is 0 Å². The van der Waals surface area contributed by atoms with Crippen LogP contribution in [0.3, 0.4) is 0 Å². The molecular weight excluding hydrogens is 142 g/mol. The summed E-state index contributed by atoms with van der Waals surface area (Å²) in [6.07, 6.45) is -0.394. The highest BCUT2D eigenvalue weighted by Gasteiger charge is 2.38. The highest BCUT2D eigenvalue weighted by atomic mass is 16.5. The fourth-order valence-electron chi connectivity index (χ4n) is 0.998. The molecule has 1 rings (SSSR count). The summed E-state index contributed by atoms with van der Waals surface area (Å²) < 4.78 is 5.18. The molecule has 0 spiro atoms. The van der Waals surface area contributed by atoms with Crippen LogP contribution in [0.15, 0.2) is 12.5 Å². The number of amides is 1. The van der Waals surface area contributed by atoms with E-state index in [4.69, 9.17) is 4.74 Å². The molecule has 3 heteroatoms. The Hall–Kier alpha value is -0.990. The van der Waals surface area contributed by atoms with Crippen molar-refractivity contribution < 1.29 is 9.53 Å². The molecule has 1 atom stereocenters. The molecule has 1 aliphatic heterocycles. The van der Waals surface area contributed by atoms with Crippen molar-refractivity contribution in [3.63, 3.8) is 0 Å². The van der Waals surface area contributed by atoms with Gasteiger partial charge in [0.15, 0.2) is 12.0 Å². The number of hydrogen-bond donors (Lipinski definition) is 1. The van der Waals surface area contributed by atoms with Crippen LogP contribution in [0, 0.1) is 5.41 Å². The Bertz CT molecular complexity index is 203. The van der Waals surface area contributed by atoms with Gasteiger partial charge in [-0.2, -0.15) is 0 Å². The van der Waals surface area contributed by atoms with Crippen LogP contribution in [-0.2, 0) is 9.53 Å². The standard InChI is InChI=1S/C8H13NO2/c1-5-9-7(10)6(11-5)8(2,3)4/h6H,1H2,2-4H3,(H,9,10). The maximum atomic E-state index is 11.1. The van der Waals surface area contributed by atoms with Gasteiger partial charge in [0, 0.05) is 5.41 Å².